The number of hydrogen-bond donors (Lipinski definition) is 0. The van der Waals surface area contributed by atoms with Crippen LogP contribution in [-0.4, -0.2) is 39.2 Å². The van der Waals surface area contributed by atoms with Gasteiger partial charge >= 0.3 is 6.18 Å². The molecule has 174 valence electrons. The van der Waals surface area contributed by atoms with Crippen molar-refractivity contribution in [2.75, 3.05) is 18.8 Å². The Balaban J connectivity index is 1.60. The molecular formula is C23H22F3N3O2S2. The molecule has 1 aliphatic carbocycles. The molecule has 0 saturated carbocycles. The van der Waals surface area contributed by atoms with Crippen LogP contribution >= 0.6 is 23.1 Å². The van der Waals surface area contributed by atoms with Gasteiger partial charge in [0, 0.05) is 30.1 Å². The van der Waals surface area contributed by atoms with Gasteiger partial charge in [-0.25, -0.2) is 4.98 Å². The van der Waals surface area contributed by atoms with Crippen molar-refractivity contribution in [3.63, 3.8) is 0 Å². The highest BCUT2D eigenvalue weighted by Crippen LogP contribution is 2.36. The number of thiophene rings is 1. The van der Waals surface area contributed by atoms with Crippen molar-refractivity contribution in [2.45, 2.75) is 49.9 Å². The van der Waals surface area contributed by atoms with Gasteiger partial charge in [-0.3, -0.25) is 14.2 Å². The van der Waals surface area contributed by atoms with Crippen LogP contribution in [0.4, 0.5) is 13.2 Å². The number of hydrogen-bond acceptors (Lipinski definition) is 5. The Morgan fingerprint density at radius 1 is 1.09 bits per heavy atom. The van der Waals surface area contributed by atoms with Gasteiger partial charge in [-0.15, -0.1) is 11.3 Å². The number of thioether (sulfide) groups is 1. The fourth-order valence-electron chi connectivity index (χ4n) is 4.52. The van der Waals surface area contributed by atoms with Crippen molar-refractivity contribution in [3.05, 3.63) is 50.6 Å². The summed E-state index contributed by atoms with van der Waals surface area (Å²) in [6.45, 7) is 1.23. The van der Waals surface area contributed by atoms with Crippen LogP contribution in [0.5, 0.6) is 0 Å². The number of likely N-dealkylation sites (tertiary alicyclic amines) is 1. The fourth-order valence-corrected chi connectivity index (χ4v) is 6.80. The summed E-state index contributed by atoms with van der Waals surface area (Å²) < 4.78 is 41.5. The minimum Gasteiger partial charge on any atom is -0.342 e. The molecule has 5 nitrogen and oxygen atoms in total. The topological polar surface area (TPSA) is 55.2 Å². The number of rotatable bonds is 5. The largest absolute Gasteiger partial charge is 0.416 e. The van der Waals surface area contributed by atoms with Gasteiger partial charge < -0.3 is 4.90 Å². The van der Waals surface area contributed by atoms with E-state index in [9.17, 15) is 22.8 Å². The number of halogens is 3. The molecule has 0 bridgehead atoms. The molecular weight excluding hydrogens is 471 g/mol. The highest BCUT2D eigenvalue weighted by Gasteiger charge is 2.31. The van der Waals surface area contributed by atoms with E-state index < -0.39 is 11.7 Å². The van der Waals surface area contributed by atoms with Crippen LogP contribution in [0.1, 0.15) is 41.7 Å². The predicted molar refractivity (Wildman–Crippen MR) is 123 cm³/mol. The minimum atomic E-state index is -4.51. The lowest BCUT2D eigenvalue weighted by Crippen LogP contribution is -2.27. The number of alkyl halides is 3. The van der Waals surface area contributed by atoms with E-state index in [0.29, 0.717) is 40.6 Å². The van der Waals surface area contributed by atoms with Gasteiger partial charge in [-0.1, -0.05) is 17.8 Å². The summed E-state index contributed by atoms with van der Waals surface area (Å²) in [5, 5.41) is 0.892. The molecule has 0 atom stereocenters. The van der Waals surface area contributed by atoms with Crippen LogP contribution in [0.2, 0.25) is 0 Å². The summed E-state index contributed by atoms with van der Waals surface area (Å²) in [4.78, 5) is 33.9. The van der Waals surface area contributed by atoms with Gasteiger partial charge in [-0.2, -0.15) is 13.2 Å². The van der Waals surface area contributed by atoms with Crippen molar-refractivity contribution in [3.8, 4) is 5.69 Å². The van der Waals surface area contributed by atoms with E-state index in [1.165, 1.54) is 39.8 Å². The first-order valence-electron chi connectivity index (χ1n) is 11.0. The number of aryl methyl sites for hydroxylation is 2. The molecule has 1 fully saturated rings. The molecule has 33 heavy (non-hydrogen) atoms. The Labute approximate surface area is 196 Å². The minimum absolute atomic E-state index is 0.111. The third kappa shape index (κ3) is 4.30. The Bertz CT molecular complexity index is 1280. The third-order valence-corrected chi connectivity index (χ3v) is 8.26. The van der Waals surface area contributed by atoms with Crippen LogP contribution in [0, 0.1) is 0 Å². The summed E-state index contributed by atoms with van der Waals surface area (Å²) in [6.07, 6.45) is 0.614. The second-order valence-corrected chi connectivity index (χ2v) is 10.5. The second-order valence-electron chi connectivity index (χ2n) is 8.31. The van der Waals surface area contributed by atoms with Gasteiger partial charge in [0.05, 0.1) is 16.6 Å². The van der Waals surface area contributed by atoms with Crippen molar-refractivity contribution < 1.29 is 18.0 Å². The Hall–Kier alpha value is -2.33. The molecule has 1 aliphatic heterocycles. The maximum Gasteiger partial charge on any atom is 0.416 e. The number of fused-ring (bicyclic) bond motifs is 3. The summed E-state index contributed by atoms with van der Waals surface area (Å²) in [5.41, 5.74) is 0.0230. The Kier molecular flexibility index (Phi) is 5.98. The maximum atomic E-state index is 13.7. The molecule has 0 radical (unpaired) electrons. The monoisotopic (exact) mass is 493 g/mol. The van der Waals surface area contributed by atoms with Gasteiger partial charge in [-0.05, 0) is 55.9 Å². The Morgan fingerprint density at radius 2 is 1.91 bits per heavy atom. The van der Waals surface area contributed by atoms with Crippen LogP contribution < -0.4 is 5.56 Å². The van der Waals surface area contributed by atoms with Gasteiger partial charge in [0.25, 0.3) is 5.56 Å². The zero-order valence-corrected chi connectivity index (χ0v) is 19.4. The number of benzene rings is 1. The lowest BCUT2D eigenvalue weighted by atomic mass is 9.97. The first-order chi connectivity index (χ1) is 15.8. The number of nitrogens with zero attached hydrogens (tertiary/aromatic N) is 3. The number of carbonyl (C=O) groups excluding carboxylic acids is 1. The van der Waals surface area contributed by atoms with Crippen molar-refractivity contribution in [1.82, 2.24) is 14.5 Å². The van der Waals surface area contributed by atoms with Crippen LogP contribution in [0.15, 0.2) is 34.2 Å². The van der Waals surface area contributed by atoms with E-state index in [0.717, 1.165) is 54.7 Å². The number of aromatic nitrogens is 2. The van der Waals surface area contributed by atoms with Crippen LogP contribution in [0.3, 0.4) is 0 Å². The lowest BCUT2D eigenvalue weighted by molar-refractivity contribution is -0.137. The smallest absolute Gasteiger partial charge is 0.342 e. The highest BCUT2D eigenvalue weighted by molar-refractivity contribution is 7.99. The average Bonchev–Trinajstić information content (AvgIpc) is 3.36. The number of amides is 1. The van der Waals surface area contributed by atoms with Crippen molar-refractivity contribution in [1.29, 1.82) is 0 Å². The SMILES string of the molecule is O=C1CCCN1CCSc1nc2sc3c(c2c(=O)n1-c1cccc(C(F)(F)F)c1)CCCC3. The van der Waals surface area contributed by atoms with Crippen molar-refractivity contribution in [2.24, 2.45) is 0 Å². The molecule has 2 aliphatic rings. The molecule has 3 aromatic rings. The zero-order chi connectivity index (χ0) is 23.2. The van der Waals surface area contributed by atoms with E-state index in [1.807, 2.05) is 0 Å². The lowest BCUT2D eigenvalue weighted by Gasteiger charge is -2.17. The molecule has 1 aromatic carbocycles. The molecule has 1 saturated heterocycles. The number of carbonyl (C=O) groups is 1. The summed E-state index contributed by atoms with van der Waals surface area (Å²) in [6, 6.07) is 4.83. The fraction of sp³-hybridized carbons (Fsp3) is 0.435. The van der Waals surface area contributed by atoms with Gasteiger partial charge in [0.1, 0.15) is 4.83 Å². The molecule has 10 heteroatoms. The van der Waals surface area contributed by atoms with E-state index in [4.69, 9.17) is 4.98 Å². The molecule has 0 N–H and O–H groups in total. The van der Waals surface area contributed by atoms with Gasteiger partial charge in [0.2, 0.25) is 5.91 Å². The first-order valence-corrected chi connectivity index (χ1v) is 12.8. The molecule has 2 aromatic heterocycles. The molecule has 0 unspecified atom stereocenters. The molecule has 1 amide bonds. The van der Waals surface area contributed by atoms with Crippen LogP contribution in [-0.2, 0) is 23.8 Å². The molecule has 3 heterocycles. The third-order valence-electron chi connectivity index (χ3n) is 6.15. The Morgan fingerprint density at radius 3 is 2.67 bits per heavy atom. The molecule has 5 rings (SSSR count). The second kappa shape index (κ2) is 8.79. The normalized spacial score (nSPS) is 16.6. The molecule has 0 spiro atoms. The standard InChI is InChI=1S/C23H22F3N3O2S2/c24-23(25,26)14-5-3-6-15(13-14)29-21(31)19-16-7-1-2-8-17(16)33-20(19)27-22(29)32-12-11-28-10-4-9-18(28)30/h3,5-6,13H,1-2,4,7-12H2. The summed E-state index contributed by atoms with van der Waals surface area (Å²) >= 11 is 2.82. The van der Waals surface area contributed by atoms with Gasteiger partial charge in [0.15, 0.2) is 5.16 Å². The first kappa shape index (κ1) is 22.5. The van der Waals surface area contributed by atoms with Crippen LogP contribution in [0.25, 0.3) is 15.9 Å². The average molecular weight is 494 g/mol. The van der Waals surface area contributed by atoms with E-state index in [-0.39, 0.29) is 17.2 Å². The van der Waals surface area contributed by atoms with E-state index >= 15 is 0 Å². The van der Waals surface area contributed by atoms with E-state index in [1.54, 1.807) is 4.90 Å². The zero-order valence-electron chi connectivity index (χ0n) is 17.8. The highest BCUT2D eigenvalue weighted by atomic mass is 32.2. The predicted octanol–water partition coefficient (Wildman–Crippen LogP) is 5.06. The van der Waals surface area contributed by atoms with E-state index in [2.05, 4.69) is 0 Å². The summed E-state index contributed by atoms with van der Waals surface area (Å²) in [7, 11) is 0. The maximum absolute atomic E-state index is 13.7. The quantitative estimate of drug-likeness (QED) is 0.368. The summed E-state index contributed by atoms with van der Waals surface area (Å²) in [5.74, 6) is 0.619. The van der Waals surface area contributed by atoms with Crippen molar-refractivity contribution >= 4 is 39.2 Å².